The average molecular weight is 471 g/mol. The van der Waals surface area contributed by atoms with Crippen LogP contribution in [0.1, 0.15) is 19.3 Å². The maximum Gasteiger partial charge on any atom is 0.258 e. The Balaban J connectivity index is 1.17. The molecule has 3 fully saturated rings. The van der Waals surface area contributed by atoms with Crippen LogP contribution in [0.3, 0.4) is 0 Å². The number of benzene rings is 2. The molecule has 3 saturated carbocycles. The highest BCUT2D eigenvalue weighted by Crippen LogP contribution is 2.60. The second-order valence-electron chi connectivity index (χ2n) is 7.92. The maximum atomic E-state index is 13.2. The van der Waals surface area contributed by atoms with Crippen LogP contribution < -0.4 is 20.1 Å². The highest BCUT2D eigenvalue weighted by molar-refractivity contribution is 6.42. The molecule has 164 valence electrons. The van der Waals surface area contributed by atoms with Gasteiger partial charge in [-0.2, -0.15) is 0 Å². The number of rotatable bonds is 8. The molecule has 31 heavy (non-hydrogen) atoms. The third-order valence-corrected chi connectivity index (χ3v) is 6.10. The van der Waals surface area contributed by atoms with Crippen LogP contribution in [0.15, 0.2) is 36.4 Å². The number of ether oxygens (including phenoxy) is 2. The Labute approximate surface area is 186 Å². The first-order chi connectivity index (χ1) is 14.7. The van der Waals surface area contributed by atoms with Crippen molar-refractivity contribution in [2.24, 2.45) is 0 Å². The fourth-order valence-electron chi connectivity index (χ4n) is 4.15. The van der Waals surface area contributed by atoms with Gasteiger partial charge in [-0.3, -0.25) is 9.59 Å². The van der Waals surface area contributed by atoms with Gasteiger partial charge in [0, 0.05) is 23.2 Å². The Morgan fingerprint density at radius 1 is 0.806 bits per heavy atom. The van der Waals surface area contributed by atoms with Crippen LogP contribution in [0.4, 0.5) is 8.78 Å². The monoisotopic (exact) mass is 470 g/mol. The summed E-state index contributed by atoms with van der Waals surface area (Å²) in [7, 11) is 0. The smallest absolute Gasteiger partial charge is 0.258 e. The molecule has 2 aromatic rings. The summed E-state index contributed by atoms with van der Waals surface area (Å²) in [5.41, 5.74) is -0.710. The molecule has 0 radical (unpaired) electrons. The van der Waals surface area contributed by atoms with E-state index < -0.39 is 11.6 Å². The molecule has 0 saturated heterocycles. The zero-order valence-corrected chi connectivity index (χ0v) is 17.7. The fraction of sp³-hybridized carbons (Fsp3) is 0.333. The molecule has 0 heterocycles. The summed E-state index contributed by atoms with van der Waals surface area (Å²) < 4.78 is 36.7. The van der Waals surface area contributed by atoms with Crippen LogP contribution in [0.25, 0.3) is 0 Å². The molecule has 3 aliphatic carbocycles. The molecular weight excluding hydrogens is 453 g/mol. The summed E-state index contributed by atoms with van der Waals surface area (Å²) in [6.45, 7) is -0.481. The van der Waals surface area contributed by atoms with Crippen molar-refractivity contribution in [2.45, 2.75) is 30.3 Å². The van der Waals surface area contributed by atoms with Gasteiger partial charge in [0.05, 0.1) is 10.0 Å². The van der Waals surface area contributed by atoms with E-state index in [9.17, 15) is 18.4 Å². The maximum absolute atomic E-state index is 13.2. The van der Waals surface area contributed by atoms with Crippen molar-refractivity contribution < 1.29 is 27.8 Å². The minimum absolute atomic E-state index is 0.0670. The first kappa shape index (κ1) is 21.6. The van der Waals surface area contributed by atoms with E-state index in [0.29, 0.717) is 35.1 Å². The van der Waals surface area contributed by atoms with Crippen molar-refractivity contribution in [2.75, 3.05) is 13.2 Å². The quantitative estimate of drug-likeness (QED) is 0.617. The van der Waals surface area contributed by atoms with Crippen LogP contribution in [0.2, 0.25) is 10.0 Å². The Bertz CT molecular complexity index is 951. The first-order valence-electron chi connectivity index (χ1n) is 9.45. The lowest BCUT2D eigenvalue weighted by atomic mass is 9.44. The van der Waals surface area contributed by atoms with Gasteiger partial charge < -0.3 is 20.1 Å². The molecule has 10 heteroatoms. The lowest BCUT2D eigenvalue weighted by Gasteiger charge is -2.70. The van der Waals surface area contributed by atoms with Crippen molar-refractivity contribution in [3.05, 3.63) is 58.1 Å². The number of hydrogen-bond acceptors (Lipinski definition) is 4. The third kappa shape index (κ3) is 4.70. The molecule has 2 aromatic carbocycles. The van der Waals surface area contributed by atoms with Crippen molar-refractivity contribution in [3.8, 4) is 11.5 Å². The van der Waals surface area contributed by atoms with Crippen molar-refractivity contribution in [1.29, 1.82) is 0 Å². The number of nitrogens with one attached hydrogen (secondary N) is 2. The van der Waals surface area contributed by atoms with Gasteiger partial charge in [0.15, 0.2) is 24.8 Å². The molecule has 5 rings (SSSR count). The molecule has 0 aliphatic heterocycles. The first-order valence-corrected chi connectivity index (χ1v) is 10.2. The zero-order valence-electron chi connectivity index (χ0n) is 16.1. The number of carbonyl (C=O) groups excluding carboxylic acids is 2. The molecule has 0 spiro atoms. The molecule has 0 unspecified atom stereocenters. The van der Waals surface area contributed by atoms with Crippen LogP contribution in [-0.4, -0.2) is 36.1 Å². The summed E-state index contributed by atoms with van der Waals surface area (Å²) in [5, 5.41) is 6.56. The van der Waals surface area contributed by atoms with E-state index in [1.54, 1.807) is 12.1 Å². The third-order valence-electron chi connectivity index (χ3n) is 5.36. The minimum atomic E-state index is -1.04. The van der Waals surface area contributed by atoms with Crippen molar-refractivity contribution in [3.63, 3.8) is 0 Å². The number of hydrogen-bond donors (Lipinski definition) is 2. The van der Waals surface area contributed by atoms with E-state index in [1.165, 1.54) is 12.1 Å². The average Bonchev–Trinajstić information content (AvgIpc) is 2.67. The highest BCUT2D eigenvalue weighted by Gasteiger charge is 2.69. The largest absolute Gasteiger partial charge is 0.484 e. The Hall–Kier alpha value is -2.58. The standard InChI is InChI=1S/C21H18Cl2F2N2O4/c22-14-3-1-12(5-15(14)23)30-7-18(28)26-20-9-21(10-20,11-20)27-19(29)8-31-13-2-4-16(24)17(25)6-13/h1-6H,7-11H2,(H,26,28)(H,27,29). The number of halogens is 4. The van der Waals surface area contributed by atoms with Crippen molar-refractivity contribution >= 4 is 35.0 Å². The van der Waals surface area contributed by atoms with Crippen molar-refractivity contribution in [1.82, 2.24) is 10.6 Å². The SMILES string of the molecule is O=C(COc1ccc(F)c(F)c1)NC12CC(NC(=O)COc3ccc(Cl)c(Cl)c3)(C1)C2. The Morgan fingerprint density at radius 3 is 1.84 bits per heavy atom. The molecule has 2 bridgehead atoms. The molecule has 2 N–H and O–H groups in total. The fourth-order valence-corrected chi connectivity index (χ4v) is 4.44. The van der Waals surface area contributed by atoms with Crippen LogP contribution in [-0.2, 0) is 9.59 Å². The summed E-state index contributed by atoms with van der Waals surface area (Å²) in [6.07, 6.45) is 1.82. The van der Waals surface area contributed by atoms with Gasteiger partial charge in [-0.15, -0.1) is 0 Å². The molecule has 0 atom stereocenters. The van der Waals surface area contributed by atoms with E-state index in [1.807, 2.05) is 0 Å². The van der Waals surface area contributed by atoms with E-state index in [0.717, 1.165) is 12.1 Å². The molecule has 2 amide bonds. The highest BCUT2D eigenvalue weighted by atomic mass is 35.5. The Kier molecular flexibility index (Phi) is 5.70. The topological polar surface area (TPSA) is 76.7 Å². The van der Waals surface area contributed by atoms with Crippen LogP contribution >= 0.6 is 23.2 Å². The van der Waals surface area contributed by atoms with E-state index in [-0.39, 0.29) is 41.9 Å². The summed E-state index contributed by atoms with van der Waals surface area (Å²) in [6, 6.07) is 7.80. The van der Waals surface area contributed by atoms with Gasteiger partial charge in [-0.1, -0.05) is 23.2 Å². The van der Waals surface area contributed by atoms with Gasteiger partial charge in [0.25, 0.3) is 11.8 Å². The van der Waals surface area contributed by atoms with Gasteiger partial charge >= 0.3 is 0 Å². The normalized spacial score (nSPS) is 23.2. The van der Waals surface area contributed by atoms with Gasteiger partial charge in [-0.05, 0) is 43.5 Å². The number of carbonyl (C=O) groups is 2. The van der Waals surface area contributed by atoms with Crippen LogP contribution in [0, 0.1) is 11.6 Å². The Morgan fingerprint density at radius 2 is 1.32 bits per heavy atom. The lowest BCUT2D eigenvalue weighted by Crippen LogP contribution is -2.84. The second kappa shape index (κ2) is 8.16. The van der Waals surface area contributed by atoms with E-state index in [4.69, 9.17) is 32.7 Å². The molecule has 0 aromatic heterocycles. The lowest BCUT2D eigenvalue weighted by molar-refractivity contribution is -0.151. The summed E-state index contributed by atoms with van der Waals surface area (Å²) in [5.74, 6) is -2.16. The van der Waals surface area contributed by atoms with E-state index >= 15 is 0 Å². The van der Waals surface area contributed by atoms with Gasteiger partial charge in [-0.25, -0.2) is 8.78 Å². The molecule has 6 nitrogen and oxygen atoms in total. The summed E-state index contributed by atoms with van der Waals surface area (Å²) in [4.78, 5) is 24.3. The zero-order chi connectivity index (χ0) is 22.2. The van der Waals surface area contributed by atoms with E-state index in [2.05, 4.69) is 10.6 Å². The number of amides is 2. The van der Waals surface area contributed by atoms with Gasteiger partial charge in [0.1, 0.15) is 11.5 Å². The second-order valence-corrected chi connectivity index (χ2v) is 8.73. The minimum Gasteiger partial charge on any atom is -0.484 e. The van der Waals surface area contributed by atoms with Crippen LogP contribution in [0.5, 0.6) is 11.5 Å². The predicted octanol–water partition coefficient (Wildman–Crippen LogP) is 3.64. The van der Waals surface area contributed by atoms with Gasteiger partial charge in [0.2, 0.25) is 0 Å². The summed E-state index contributed by atoms with van der Waals surface area (Å²) >= 11 is 11.8. The molecule has 3 aliphatic rings. The predicted molar refractivity (Wildman–Crippen MR) is 109 cm³/mol. The molecular formula is C21H18Cl2F2N2O4.